The number of nitrogens with one attached hydrogen (secondary N) is 2. The van der Waals surface area contributed by atoms with Crippen molar-refractivity contribution < 1.29 is 14.3 Å². The number of aryl methyl sites for hydroxylation is 2. The molecule has 2 amide bonds. The van der Waals surface area contributed by atoms with Gasteiger partial charge in [0.25, 0.3) is 5.91 Å². The molecule has 6 nitrogen and oxygen atoms in total. The van der Waals surface area contributed by atoms with Gasteiger partial charge in [0.1, 0.15) is 5.75 Å². The molecular formula is C16H17N3O3S. The van der Waals surface area contributed by atoms with E-state index in [9.17, 15) is 9.59 Å². The van der Waals surface area contributed by atoms with E-state index in [1.807, 2.05) is 24.4 Å². The van der Waals surface area contributed by atoms with Crippen LogP contribution in [0.25, 0.3) is 0 Å². The van der Waals surface area contributed by atoms with Crippen molar-refractivity contribution in [2.45, 2.75) is 26.3 Å². The zero-order chi connectivity index (χ0) is 16.2. The van der Waals surface area contributed by atoms with E-state index < -0.39 is 0 Å². The van der Waals surface area contributed by atoms with E-state index in [1.54, 1.807) is 17.4 Å². The van der Waals surface area contributed by atoms with Crippen LogP contribution in [0.2, 0.25) is 0 Å². The number of amides is 2. The minimum atomic E-state index is -0.226. The normalized spacial score (nSPS) is 13.2. The zero-order valence-corrected chi connectivity index (χ0v) is 13.5. The average Bonchev–Trinajstić information content (AvgIpc) is 2.96. The SMILES string of the molecule is Cc1nc(CNC(=O)COc2cccc3c2NC(=O)CC3)cs1. The Morgan fingerprint density at radius 2 is 2.30 bits per heavy atom. The Morgan fingerprint density at radius 1 is 1.43 bits per heavy atom. The van der Waals surface area contributed by atoms with Gasteiger partial charge in [-0.2, -0.15) is 0 Å². The van der Waals surface area contributed by atoms with Gasteiger partial charge in [0.15, 0.2) is 6.61 Å². The van der Waals surface area contributed by atoms with Crippen molar-refractivity contribution in [1.82, 2.24) is 10.3 Å². The van der Waals surface area contributed by atoms with Gasteiger partial charge in [-0.05, 0) is 25.0 Å². The fourth-order valence-corrected chi connectivity index (χ4v) is 2.98. The Labute approximate surface area is 137 Å². The Morgan fingerprint density at radius 3 is 3.09 bits per heavy atom. The van der Waals surface area contributed by atoms with Gasteiger partial charge in [0.05, 0.1) is 22.9 Å². The van der Waals surface area contributed by atoms with E-state index in [1.165, 1.54) is 0 Å². The lowest BCUT2D eigenvalue weighted by Crippen LogP contribution is -2.29. The number of carbonyl (C=O) groups excluding carboxylic acids is 2. The largest absolute Gasteiger partial charge is 0.482 e. The standard InChI is InChI=1S/C16H17N3O3S/c1-10-18-12(9-23-10)7-17-15(21)8-22-13-4-2-3-11-5-6-14(20)19-16(11)13/h2-4,9H,5-8H2,1H3,(H,17,21)(H,19,20). The lowest BCUT2D eigenvalue weighted by molar-refractivity contribution is -0.123. The third-order valence-electron chi connectivity index (χ3n) is 3.49. The second-order valence-corrected chi connectivity index (χ2v) is 6.32. The average molecular weight is 331 g/mol. The minimum absolute atomic E-state index is 0.0306. The topological polar surface area (TPSA) is 80.3 Å². The van der Waals surface area contributed by atoms with Gasteiger partial charge >= 0.3 is 0 Å². The number of ether oxygens (including phenoxy) is 1. The van der Waals surface area contributed by atoms with Crippen LogP contribution in [0, 0.1) is 6.92 Å². The molecule has 0 saturated heterocycles. The molecular weight excluding hydrogens is 314 g/mol. The Hall–Kier alpha value is -2.41. The molecule has 0 radical (unpaired) electrons. The third-order valence-corrected chi connectivity index (χ3v) is 4.31. The molecule has 0 atom stereocenters. The predicted molar refractivity (Wildman–Crippen MR) is 87.6 cm³/mol. The van der Waals surface area contributed by atoms with Gasteiger partial charge in [-0.25, -0.2) is 4.98 Å². The Bertz CT molecular complexity index is 742. The van der Waals surface area contributed by atoms with Crippen molar-refractivity contribution in [3.63, 3.8) is 0 Å². The molecule has 2 heterocycles. The highest BCUT2D eigenvalue weighted by Crippen LogP contribution is 2.32. The van der Waals surface area contributed by atoms with Crippen molar-refractivity contribution in [2.75, 3.05) is 11.9 Å². The molecule has 0 bridgehead atoms. The number of anilines is 1. The summed E-state index contributed by atoms with van der Waals surface area (Å²) < 4.78 is 5.56. The first kappa shape index (κ1) is 15.5. The van der Waals surface area contributed by atoms with Crippen molar-refractivity contribution in [3.8, 4) is 5.75 Å². The summed E-state index contributed by atoms with van der Waals surface area (Å²) in [6, 6.07) is 5.56. The second-order valence-electron chi connectivity index (χ2n) is 5.26. The summed E-state index contributed by atoms with van der Waals surface area (Å²) in [6.45, 7) is 2.21. The lowest BCUT2D eigenvalue weighted by atomic mass is 10.0. The van der Waals surface area contributed by atoms with Crippen LogP contribution in [0.5, 0.6) is 5.75 Å². The van der Waals surface area contributed by atoms with E-state index in [0.717, 1.165) is 16.3 Å². The third kappa shape index (κ3) is 3.87. The maximum Gasteiger partial charge on any atom is 0.258 e. The molecule has 2 N–H and O–H groups in total. The summed E-state index contributed by atoms with van der Waals surface area (Å²) >= 11 is 1.55. The van der Waals surface area contributed by atoms with E-state index in [2.05, 4.69) is 15.6 Å². The van der Waals surface area contributed by atoms with Crippen LogP contribution in [-0.4, -0.2) is 23.4 Å². The lowest BCUT2D eigenvalue weighted by Gasteiger charge is -2.20. The van der Waals surface area contributed by atoms with Gasteiger partial charge < -0.3 is 15.4 Å². The second kappa shape index (κ2) is 6.78. The Kier molecular flexibility index (Phi) is 4.57. The first-order valence-electron chi connectivity index (χ1n) is 7.34. The molecule has 2 aromatic rings. The smallest absolute Gasteiger partial charge is 0.258 e. The van der Waals surface area contributed by atoms with Crippen LogP contribution >= 0.6 is 11.3 Å². The van der Waals surface area contributed by atoms with E-state index in [-0.39, 0.29) is 18.4 Å². The number of benzene rings is 1. The van der Waals surface area contributed by atoms with Gasteiger partial charge in [-0.3, -0.25) is 9.59 Å². The number of para-hydroxylation sites is 1. The molecule has 0 fully saturated rings. The first-order chi connectivity index (χ1) is 11.1. The number of hydrogen-bond donors (Lipinski definition) is 2. The van der Waals surface area contributed by atoms with Crippen LogP contribution in [0.15, 0.2) is 23.6 Å². The molecule has 120 valence electrons. The molecule has 1 aliphatic rings. The van der Waals surface area contributed by atoms with Gasteiger partial charge in [-0.1, -0.05) is 12.1 Å². The van der Waals surface area contributed by atoms with E-state index in [4.69, 9.17) is 4.74 Å². The predicted octanol–water partition coefficient (Wildman–Crippen LogP) is 2.03. The molecule has 0 unspecified atom stereocenters. The van der Waals surface area contributed by atoms with Crippen molar-refractivity contribution >= 4 is 28.8 Å². The molecule has 1 aromatic carbocycles. The monoisotopic (exact) mass is 331 g/mol. The number of nitrogens with zero attached hydrogens (tertiary/aromatic N) is 1. The van der Waals surface area contributed by atoms with Gasteiger partial charge in [0.2, 0.25) is 5.91 Å². The molecule has 1 aliphatic heterocycles. The Balaban J connectivity index is 1.56. The number of rotatable bonds is 5. The summed E-state index contributed by atoms with van der Waals surface area (Å²) in [5.74, 6) is 0.266. The zero-order valence-electron chi connectivity index (χ0n) is 12.7. The van der Waals surface area contributed by atoms with Gasteiger partial charge in [0, 0.05) is 11.8 Å². The molecule has 23 heavy (non-hydrogen) atoms. The van der Waals surface area contributed by atoms with E-state index >= 15 is 0 Å². The molecule has 0 spiro atoms. The first-order valence-corrected chi connectivity index (χ1v) is 8.22. The fraction of sp³-hybridized carbons (Fsp3) is 0.312. The molecule has 7 heteroatoms. The quantitative estimate of drug-likeness (QED) is 0.878. The number of hydrogen-bond acceptors (Lipinski definition) is 5. The maximum atomic E-state index is 11.9. The fourth-order valence-electron chi connectivity index (χ4n) is 2.37. The van der Waals surface area contributed by atoms with Crippen molar-refractivity contribution in [2.24, 2.45) is 0 Å². The molecule has 1 aromatic heterocycles. The highest BCUT2D eigenvalue weighted by atomic mass is 32.1. The minimum Gasteiger partial charge on any atom is -0.482 e. The van der Waals surface area contributed by atoms with E-state index in [0.29, 0.717) is 30.8 Å². The summed E-state index contributed by atoms with van der Waals surface area (Å²) in [7, 11) is 0. The number of carbonyl (C=O) groups is 2. The molecule has 0 saturated carbocycles. The summed E-state index contributed by atoms with van der Waals surface area (Å²) in [6.07, 6.45) is 1.16. The highest BCUT2D eigenvalue weighted by molar-refractivity contribution is 7.09. The van der Waals surface area contributed by atoms with Crippen molar-refractivity contribution in [1.29, 1.82) is 0 Å². The number of fused-ring (bicyclic) bond motifs is 1. The summed E-state index contributed by atoms with van der Waals surface area (Å²) in [5, 5.41) is 8.46. The summed E-state index contributed by atoms with van der Waals surface area (Å²) in [5.41, 5.74) is 2.54. The molecule has 0 aliphatic carbocycles. The van der Waals surface area contributed by atoms with Crippen LogP contribution in [0.4, 0.5) is 5.69 Å². The van der Waals surface area contributed by atoms with Crippen LogP contribution in [0.3, 0.4) is 0 Å². The number of aromatic nitrogens is 1. The highest BCUT2D eigenvalue weighted by Gasteiger charge is 2.18. The van der Waals surface area contributed by atoms with Crippen LogP contribution in [-0.2, 0) is 22.6 Å². The van der Waals surface area contributed by atoms with Gasteiger partial charge in [-0.15, -0.1) is 11.3 Å². The molecule has 3 rings (SSSR count). The van der Waals surface area contributed by atoms with Crippen molar-refractivity contribution in [3.05, 3.63) is 39.8 Å². The summed E-state index contributed by atoms with van der Waals surface area (Å²) in [4.78, 5) is 27.7. The van der Waals surface area contributed by atoms with Crippen LogP contribution in [0.1, 0.15) is 22.7 Å². The number of thiazole rings is 1. The maximum absolute atomic E-state index is 11.9. The van der Waals surface area contributed by atoms with Crippen LogP contribution < -0.4 is 15.4 Å².